The summed E-state index contributed by atoms with van der Waals surface area (Å²) in [6.07, 6.45) is 6.37. The van der Waals surface area contributed by atoms with Crippen molar-refractivity contribution in [2.45, 2.75) is 44.6 Å². The molecule has 4 aliphatic carbocycles. The molecule has 21 heavy (non-hydrogen) atoms. The Bertz CT molecular complexity index is 553. The van der Waals surface area contributed by atoms with Crippen molar-refractivity contribution in [3.63, 3.8) is 0 Å². The Morgan fingerprint density at radius 2 is 1.67 bits per heavy atom. The van der Waals surface area contributed by atoms with Crippen LogP contribution in [0, 0.1) is 29.0 Å². The fourth-order valence-corrected chi connectivity index (χ4v) is 6.08. The van der Waals surface area contributed by atoms with Crippen molar-refractivity contribution >= 4 is 27.5 Å². The Hall–Kier alpha value is -0.120. The third-order valence-corrected chi connectivity index (χ3v) is 7.20. The highest BCUT2D eigenvalue weighted by atomic mass is 79.9. The molecule has 0 amide bonds. The van der Waals surface area contributed by atoms with Gasteiger partial charge >= 0.3 is 0 Å². The number of hydrogen-bond donors (Lipinski definition) is 1. The van der Waals surface area contributed by atoms with E-state index in [1.165, 1.54) is 25.3 Å². The first kappa shape index (κ1) is 14.5. The Morgan fingerprint density at radius 1 is 1.14 bits per heavy atom. The summed E-state index contributed by atoms with van der Waals surface area (Å²) in [4.78, 5) is 0. The second-order valence-electron chi connectivity index (χ2n) is 7.47. The minimum absolute atomic E-state index is 0.118. The van der Waals surface area contributed by atoms with Gasteiger partial charge in [-0.25, -0.2) is 4.39 Å². The van der Waals surface area contributed by atoms with E-state index in [9.17, 15) is 9.50 Å². The van der Waals surface area contributed by atoms with Crippen LogP contribution in [0.15, 0.2) is 16.6 Å². The van der Waals surface area contributed by atoms with Crippen molar-refractivity contribution in [2.24, 2.45) is 23.2 Å². The maximum atomic E-state index is 14.3. The number of benzene rings is 1. The van der Waals surface area contributed by atoms with Crippen molar-refractivity contribution in [1.29, 1.82) is 0 Å². The smallest absolute Gasteiger partial charge is 0.130 e. The maximum Gasteiger partial charge on any atom is 0.130 e. The van der Waals surface area contributed by atoms with E-state index >= 15 is 0 Å². The largest absolute Gasteiger partial charge is 0.388 e. The molecule has 1 unspecified atom stereocenters. The molecular weight excluding hydrogens is 355 g/mol. The fraction of sp³-hybridized carbons (Fsp3) is 0.647. The molecule has 4 aliphatic rings. The van der Waals surface area contributed by atoms with Crippen LogP contribution in [0.25, 0.3) is 0 Å². The molecule has 114 valence electrons. The quantitative estimate of drug-likeness (QED) is 0.679. The van der Waals surface area contributed by atoms with Gasteiger partial charge in [-0.3, -0.25) is 0 Å². The van der Waals surface area contributed by atoms with Crippen molar-refractivity contribution < 1.29 is 9.50 Å². The summed E-state index contributed by atoms with van der Waals surface area (Å²) in [6, 6.07) is 2.98. The van der Waals surface area contributed by atoms with Gasteiger partial charge < -0.3 is 5.11 Å². The topological polar surface area (TPSA) is 20.2 Å². The summed E-state index contributed by atoms with van der Waals surface area (Å²) in [7, 11) is 0. The first-order chi connectivity index (χ1) is 9.97. The summed E-state index contributed by atoms with van der Waals surface area (Å²) in [5, 5.41) is 11.4. The Labute approximate surface area is 138 Å². The number of hydrogen-bond acceptors (Lipinski definition) is 1. The molecular formula is C17H19BrClFO. The first-order valence-corrected chi connectivity index (χ1v) is 8.96. The van der Waals surface area contributed by atoms with Crippen LogP contribution in [0.2, 0.25) is 5.02 Å². The maximum absolute atomic E-state index is 14.3. The van der Waals surface area contributed by atoms with Crippen molar-refractivity contribution in [2.75, 3.05) is 0 Å². The Morgan fingerprint density at radius 3 is 2.19 bits per heavy atom. The van der Waals surface area contributed by atoms with Gasteiger partial charge in [0.15, 0.2) is 0 Å². The second kappa shape index (κ2) is 4.94. The molecule has 1 aromatic carbocycles. The Balaban J connectivity index is 1.71. The van der Waals surface area contributed by atoms with Gasteiger partial charge in [-0.15, -0.1) is 0 Å². The van der Waals surface area contributed by atoms with Crippen LogP contribution in [0.4, 0.5) is 4.39 Å². The molecule has 0 saturated heterocycles. The molecule has 1 aromatic rings. The van der Waals surface area contributed by atoms with Gasteiger partial charge in [-0.1, -0.05) is 11.6 Å². The van der Waals surface area contributed by atoms with E-state index in [1.54, 1.807) is 6.07 Å². The lowest BCUT2D eigenvalue weighted by atomic mass is 9.47. The predicted molar refractivity (Wildman–Crippen MR) is 84.7 cm³/mol. The van der Waals surface area contributed by atoms with Gasteiger partial charge in [0.1, 0.15) is 5.82 Å². The summed E-state index contributed by atoms with van der Waals surface area (Å²) in [6.45, 7) is 0. The number of aliphatic hydroxyl groups excluding tert-OH is 1. The molecule has 4 heteroatoms. The van der Waals surface area contributed by atoms with E-state index in [-0.39, 0.29) is 11.2 Å². The Kier molecular flexibility index (Phi) is 3.40. The zero-order valence-corrected chi connectivity index (χ0v) is 14.1. The van der Waals surface area contributed by atoms with Crippen LogP contribution in [-0.2, 0) is 0 Å². The molecule has 1 N–H and O–H groups in total. The van der Waals surface area contributed by atoms with E-state index in [1.807, 2.05) is 0 Å². The highest BCUT2D eigenvalue weighted by Crippen LogP contribution is 2.64. The van der Waals surface area contributed by atoms with Gasteiger partial charge in [0.05, 0.1) is 11.1 Å². The van der Waals surface area contributed by atoms with Crippen LogP contribution >= 0.6 is 27.5 Å². The lowest BCUT2D eigenvalue weighted by molar-refractivity contribution is -0.123. The van der Waals surface area contributed by atoms with E-state index < -0.39 is 6.10 Å². The van der Waals surface area contributed by atoms with E-state index in [0.29, 0.717) is 15.1 Å². The van der Waals surface area contributed by atoms with Gasteiger partial charge in [-0.05, 0) is 84.3 Å². The highest BCUT2D eigenvalue weighted by molar-refractivity contribution is 9.10. The summed E-state index contributed by atoms with van der Waals surface area (Å²) < 4.78 is 14.9. The zero-order chi connectivity index (χ0) is 14.8. The molecule has 4 bridgehead atoms. The van der Waals surface area contributed by atoms with Gasteiger partial charge in [0.25, 0.3) is 0 Å². The van der Waals surface area contributed by atoms with Crippen LogP contribution in [0.5, 0.6) is 0 Å². The van der Waals surface area contributed by atoms with Crippen LogP contribution < -0.4 is 0 Å². The monoisotopic (exact) mass is 372 g/mol. The molecule has 0 aliphatic heterocycles. The number of rotatable bonds is 2. The van der Waals surface area contributed by atoms with Gasteiger partial charge in [-0.2, -0.15) is 0 Å². The van der Waals surface area contributed by atoms with E-state index in [2.05, 4.69) is 15.9 Å². The lowest BCUT2D eigenvalue weighted by Gasteiger charge is -2.58. The fourth-order valence-electron chi connectivity index (χ4n) is 5.59. The van der Waals surface area contributed by atoms with Gasteiger partial charge in [0, 0.05) is 15.5 Å². The minimum atomic E-state index is -0.725. The second-order valence-corrected chi connectivity index (χ2v) is 8.73. The molecule has 4 saturated carbocycles. The van der Waals surface area contributed by atoms with E-state index in [4.69, 9.17) is 11.6 Å². The molecule has 0 heterocycles. The summed E-state index contributed by atoms with van der Waals surface area (Å²) in [5.41, 5.74) is 0.261. The third-order valence-electron chi connectivity index (χ3n) is 6.00. The minimum Gasteiger partial charge on any atom is -0.388 e. The van der Waals surface area contributed by atoms with Crippen molar-refractivity contribution in [1.82, 2.24) is 0 Å². The van der Waals surface area contributed by atoms with Crippen molar-refractivity contribution in [3.8, 4) is 0 Å². The molecule has 1 nitrogen and oxygen atoms in total. The number of halogens is 3. The lowest BCUT2D eigenvalue weighted by Crippen LogP contribution is -2.49. The normalized spacial score (nSPS) is 38.8. The standard InChI is InChI=1S/C17H19BrClFO/c18-13-5-15(20)12(4-14(13)19)16(21)17-6-9-1-10(7-17)3-11(2-9)8-17/h4-5,9-11,16,21H,1-3,6-8H2. The van der Waals surface area contributed by atoms with Crippen LogP contribution in [0.1, 0.15) is 50.2 Å². The van der Waals surface area contributed by atoms with Crippen LogP contribution in [-0.4, -0.2) is 5.11 Å². The average Bonchev–Trinajstić information content (AvgIpc) is 2.40. The van der Waals surface area contributed by atoms with Crippen LogP contribution in [0.3, 0.4) is 0 Å². The third kappa shape index (κ3) is 2.27. The molecule has 0 radical (unpaired) electrons. The number of aliphatic hydroxyl groups is 1. The zero-order valence-electron chi connectivity index (χ0n) is 11.8. The van der Waals surface area contributed by atoms with Gasteiger partial charge in [0.2, 0.25) is 0 Å². The molecule has 1 atom stereocenters. The SMILES string of the molecule is OC(c1cc(Cl)c(Br)cc1F)C12CC3CC(CC(C3)C1)C2. The summed E-state index contributed by atoms with van der Waals surface area (Å²) in [5.74, 6) is 1.86. The predicted octanol–water partition coefficient (Wildman–Crippen LogP) is 5.49. The highest BCUT2D eigenvalue weighted by Gasteiger charge is 2.54. The molecule has 0 spiro atoms. The molecule has 5 rings (SSSR count). The summed E-state index contributed by atoms with van der Waals surface area (Å²) >= 11 is 9.35. The molecule has 0 aromatic heterocycles. The molecule has 4 fully saturated rings. The average molecular weight is 374 g/mol. The first-order valence-electron chi connectivity index (χ1n) is 7.79. The van der Waals surface area contributed by atoms with Crippen molar-refractivity contribution in [3.05, 3.63) is 33.0 Å². The van der Waals surface area contributed by atoms with E-state index in [0.717, 1.165) is 37.0 Å².